The lowest BCUT2D eigenvalue weighted by Gasteiger charge is -2.58. The lowest BCUT2D eigenvalue weighted by Crippen LogP contribution is -2.66. The Morgan fingerprint density at radius 1 is 1.16 bits per heavy atom. The second-order valence-electron chi connectivity index (χ2n) is 14.2. The maximum atomic E-state index is 13.8. The Balaban J connectivity index is 1.24. The minimum absolute atomic E-state index is 0.00260. The van der Waals surface area contributed by atoms with E-state index in [2.05, 4.69) is 31.7 Å². The Labute approximate surface area is 253 Å². The molecule has 9 heteroatoms. The van der Waals surface area contributed by atoms with Gasteiger partial charge in [0.2, 0.25) is 6.79 Å². The SMILES string of the molecule is CO[C@H]1CN(c2ccc3c(c2)OCO3)C[C@H](CO[C@@]23C[C@@H]4[C@H](C)CC[C@H]4[C@@]4(C=O)C[C@@H]2C=C(C(C)C)[C@@]34C(=O)O)O[C@@H]1C. The zero-order valence-corrected chi connectivity index (χ0v) is 25.9. The molecule has 4 fully saturated rings. The molecule has 6 aliphatic rings. The molecule has 0 unspecified atom stereocenters. The van der Waals surface area contributed by atoms with Crippen molar-refractivity contribution in [1.29, 1.82) is 0 Å². The number of carbonyl (C=O) groups excluding carboxylic acids is 1. The van der Waals surface area contributed by atoms with Gasteiger partial charge in [-0.15, -0.1) is 0 Å². The highest BCUT2D eigenvalue weighted by molar-refractivity contribution is 5.91. The van der Waals surface area contributed by atoms with Gasteiger partial charge >= 0.3 is 5.97 Å². The number of carboxylic acids is 1. The van der Waals surface area contributed by atoms with Gasteiger partial charge in [0.05, 0.1) is 29.8 Å². The molecule has 0 radical (unpaired) electrons. The van der Waals surface area contributed by atoms with Crippen molar-refractivity contribution in [2.24, 2.45) is 40.4 Å². The normalized spacial score (nSPS) is 42.6. The number of rotatable bonds is 8. The Morgan fingerprint density at radius 2 is 1.95 bits per heavy atom. The summed E-state index contributed by atoms with van der Waals surface area (Å²) in [6, 6.07) is 5.92. The predicted octanol–water partition coefficient (Wildman–Crippen LogP) is 4.72. The van der Waals surface area contributed by atoms with Crippen LogP contribution < -0.4 is 14.4 Å². The third kappa shape index (κ3) is 3.80. The van der Waals surface area contributed by atoms with Gasteiger partial charge in [0.15, 0.2) is 11.5 Å². The zero-order chi connectivity index (χ0) is 30.3. The molecular formula is C34H45NO8. The minimum Gasteiger partial charge on any atom is -0.480 e. The van der Waals surface area contributed by atoms with Crippen LogP contribution in [0.5, 0.6) is 11.5 Å². The Hall–Kier alpha value is -2.62. The summed E-state index contributed by atoms with van der Waals surface area (Å²) in [6.45, 7) is 9.98. The van der Waals surface area contributed by atoms with Crippen LogP contribution in [-0.4, -0.2) is 74.9 Å². The average Bonchev–Trinajstić information content (AvgIpc) is 3.69. The highest BCUT2D eigenvalue weighted by Gasteiger charge is 2.85. The first-order chi connectivity index (χ1) is 20.6. The maximum Gasteiger partial charge on any atom is 0.317 e. The maximum absolute atomic E-state index is 13.8. The number of hydrogen-bond donors (Lipinski definition) is 1. The molecule has 0 aromatic heterocycles. The molecule has 2 heterocycles. The van der Waals surface area contributed by atoms with E-state index in [1.54, 1.807) is 7.11 Å². The fourth-order valence-electron chi connectivity index (χ4n) is 10.4. The molecule has 10 atom stereocenters. The van der Waals surface area contributed by atoms with Crippen molar-refractivity contribution in [3.05, 3.63) is 29.8 Å². The first kappa shape index (κ1) is 29.1. The summed E-state index contributed by atoms with van der Waals surface area (Å²) in [7, 11) is 1.70. The van der Waals surface area contributed by atoms with Crippen molar-refractivity contribution in [3.8, 4) is 11.5 Å². The van der Waals surface area contributed by atoms with E-state index in [-0.39, 0.29) is 55.4 Å². The quantitative estimate of drug-likeness (QED) is 0.338. The fraction of sp³-hybridized carbons (Fsp3) is 0.706. The van der Waals surface area contributed by atoms with E-state index in [4.69, 9.17) is 23.7 Å². The lowest BCUT2D eigenvalue weighted by atomic mass is 9.45. The van der Waals surface area contributed by atoms with Crippen LogP contribution in [0.4, 0.5) is 5.69 Å². The van der Waals surface area contributed by atoms with E-state index >= 15 is 0 Å². The first-order valence-corrected chi connectivity index (χ1v) is 16.0. The van der Waals surface area contributed by atoms with Crippen molar-refractivity contribution in [2.75, 3.05) is 38.5 Å². The van der Waals surface area contributed by atoms with Crippen molar-refractivity contribution >= 4 is 17.9 Å². The topological polar surface area (TPSA) is 104 Å². The number of ether oxygens (including phenoxy) is 5. The monoisotopic (exact) mass is 595 g/mol. The molecule has 1 saturated heterocycles. The summed E-state index contributed by atoms with van der Waals surface area (Å²) in [5, 5.41) is 11.3. The first-order valence-electron chi connectivity index (χ1n) is 16.0. The second-order valence-corrected chi connectivity index (χ2v) is 14.2. The summed E-state index contributed by atoms with van der Waals surface area (Å²) < 4.78 is 30.7. The Morgan fingerprint density at radius 3 is 2.67 bits per heavy atom. The average molecular weight is 596 g/mol. The second kappa shape index (κ2) is 10.2. The molecule has 1 N–H and O–H groups in total. The summed E-state index contributed by atoms with van der Waals surface area (Å²) >= 11 is 0. The van der Waals surface area contributed by atoms with Gasteiger partial charge in [-0.25, -0.2) is 0 Å². The van der Waals surface area contributed by atoms with Crippen LogP contribution in [0.25, 0.3) is 0 Å². The van der Waals surface area contributed by atoms with Gasteiger partial charge in [0.1, 0.15) is 17.8 Å². The van der Waals surface area contributed by atoms with Gasteiger partial charge in [0, 0.05) is 37.9 Å². The number of methoxy groups -OCH3 is 1. The molecule has 234 valence electrons. The molecular weight excluding hydrogens is 550 g/mol. The molecule has 9 nitrogen and oxygen atoms in total. The number of carboxylic acid groups (broad SMARTS) is 1. The van der Waals surface area contributed by atoms with E-state index < -0.39 is 22.4 Å². The molecule has 0 spiro atoms. The van der Waals surface area contributed by atoms with Gasteiger partial charge in [-0.05, 0) is 62.0 Å². The van der Waals surface area contributed by atoms with E-state index in [1.165, 1.54) is 0 Å². The number of hydrogen-bond acceptors (Lipinski definition) is 8. The summed E-state index contributed by atoms with van der Waals surface area (Å²) in [4.78, 5) is 29.3. The zero-order valence-electron chi connectivity index (χ0n) is 25.9. The number of anilines is 1. The van der Waals surface area contributed by atoms with Gasteiger partial charge < -0.3 is 38.5 Å². The van der Waals surface area contributed by atoms with E-state index in [0.29, 0.717) is 37.6 Å². The third-order valence-corrected chi connectivity index (χ3v) is 12.1. The largest absolute Gasteiger partial charge is 0.480 e. The molecule has 4 aliphatic carbocycles. The molecule has 43 heavy (non-hydrogen) atoms. The van der Waals surface area contributed by atoms with Crippen LogP contribution in [-0.2, 0) is 23.8 Å². The van der Waals surface area contributed by atoms with Crippen LogP contribution in [0, 0.1) is 40.4 Å². The molecule has 1 aromatic carbocycles. The number of fused-ring (bicyclic) bond motifs is 3. The van der Waals surface area contributed by atoms with Gasteiger partial charge in [-0.2, -0.15) is 0 Å². The highest BCUT2D eigenvalue weighted by atomic mass is 16.7. The molecule has 4 bridgehead atoms. The van der Waals surface area contributed by atoms with Gasteiger partial charge in [0.25, 0.3) is 0 Å². The fourth-order valence-corrected chi connectivity index (χ4v) is 10.4. The molecule has 0 amide bonds. The number of benzene rings is 1. The van der Waals surface area contributed by atoms with Crippen LogP contribution >= 0.6 is 0 Å². The number of aldehydes is 1. The predicted molar refractivity (Wildman–Crippen MR) is 158 cm³/mol. The van der Waals surface area contributed by atoms with Crippen LogP contribution in [0.1, 0.15) is 53.4 Å². The van der Waals surface area contributed by atoms with E-state index in [0.717, 1.165) is 36.1 Å². The standard InChI is InChI=1S/C34H45NO8/c1-19(2)27-10-22-12-32(17-36)26-8-6-20(3)25(26)13-33(22,34(27,32)31(37)38)42-16-24-14-35(15-30(39-5)21(4)43-24)23-7-9-28-29(11-23)41-18-40-28/h7,9-11,17,19-22,24-26,30H,6,8,12-16,18H2,1-5H3,(H,37,38)/t20-,21-,22+,24-,25-,26-,30+,32+,33+,34+/m1/s1. The molecule has 1 aromatic rings. The smallest absolute Gasteiger partial charge is 0.317 e. The summed E-state index contributed by atoms with van der Waals surface area (Å²) in [5.74, 6) is 1.16. The number of carbonyl (C=O) groups is 2. The van der Waals surface area contributed by atoms with Crippen LogP contribution in [0.3, 0.4) is 0 Å². The van der Waals surface area contributed by atoms with Gasteiger partial charge in [-0.1, -0.05) is 38.8 Å². The number of nitrogens with zero attached hydrogens (tertiary/aromatic N) is 1. The Bertz CT molecular complexity index is 1330. The van der Waals surface area contributed by atoms with Crippen molar-refractivity contribution in [1.82, 2.24) is 0 Å². The third-order valence-electron chi connectivity index (χ3n) is 12.1. The Kier molecular flexibility index (Phi) is 6.91. The van der Waals surface area contributed by atoms with Crippen LogP contribution in [0.15, 0.2) is 29.8 Å². The van der Waals surface area contributed by atoms with Crippen LogP contribution in [0.2, 0.25) is 0 Å². The lowest BCUT2D eigenvalue weighted by molar-refractivity contribution is -0.218. The molecule has 7 rings (SSSR count). The highest BCUT2D eigenvalue weighted by Crippen LogP contribution is 2.80. The molecule has 2 aliphatic heterocycles. The van der Waals surface area contributed by atoms with Gasteiger partial charge in [-0.3, -0.25) is 4.79 Å². The van der Waals surface area contributed by atoms with Crippen molar-refractivity contribution < 1.29 is 38.4 Å². The van der Waals surface area contributed by atoms with Crippen molar-refractivity contribution in [2.45, 2.75) is 77.3 Å². The summed E-state index contributed by atoms with van der Waals surface area (Å²) in [5.41, 5.74) is -1.46. The number of aliphatic carboxylic acids is 1. The summed E-state index contributed by atoms with van der Waals surface area (Å²) in [6.07, 6.45) is 5.63. The minimum atomic E-state index is -1.37. The van der Waals surface area contributed by atoms with E-state index in [1.807, 2.05) is 25.1 Å². The molecule has 3 saturated carbocycles. The van der Waals surface area contributed by atoms with Crippen molar-refractivity contribution in [3.63, 3.8) is 0 Å². The van der Waals surface area contributed by atoms with E-state index in [9.17, 15) is 14.7 Å².